The van der Waals surface area contributed by atoms with Crippen LogP contribution in [0.3, 0.4) is 0 Å². The van der Waals surface area contributed by atoms with Gasteiger partial charge in [0.25, 0.3) is 0 Å². The average molecular weight is 310 g/mol. The van der Waals surface area contributed by atoms with Crippen molar-refractivity contribution in [1.82, 2.24) is 4.72 Å². The summed E-state index contributed by atoms with van der Waals surface area (Å²) in [4.78, 5) is 0.328. The summed E-state index contributed by atoms with van der Waals surface area (Å²) in [5.41, 5.74) is 6.94. The number of hydrogen-bond donors (Lipinski definition) is 2. The van der Waals surface area contributed by atoms with Gasteiger partial charge in [0.05, 0.1) is 4.90 Å². The Labute approximate surface area is 128 Å². The Morgan fingerprint density at radius 2 is 1.90 bits per heavy atom. The number of sulfonamides is 1. The summed E-state index contributed by atoms with van der Waals surface area (Å²) < 4.78 is 27.3. The summed E-state index contributed by atoms with van der Waals surface area (Å²) >= 11 is 0. The van der Waals surface area contributed by atoms with E-state index in [4.69, 9.17) is 5.73 Å². The van der Waals surface area contributed by atoms with Crippen molar-refractivity contribution in [3.8, 4) is 0 Å². The van der Waals surface area contributed by atoms with E-state index in [9.17, 15) is 8.42 Å². The van der Waals surface area contributed by atoms with E-state index in [2.05, 4.69) is 11.6 Å². The normalized spacial score (nSPS) is 23.1. The lowest BCUT2D eigenvalue weighted by Gasteiger charge is -2.26. The SMILES string of the molecule is Cc1cc(N)ccc1S(=O)(=O)NCCC1CCC(C)CC1. The number of benzene rings is 1. The van der Waals surface area contributed by atoms with E-state index in [1.807, 2.05) is 0 Å². The molecule has 0 amide bonds. The zero-order chi connectivity index (χ0) is 15.5. The van der Waals surface area contributed by atoms with E-state index >= 15 is 0 Å². The number of rotatable bonds is 5. The molecule has 1 saturated carbocycles. The molecule has 0 aromatic heterocycles. The summed E-state index contributed by atoms with van der Waals surface area (Å²) in [7, 11) is -3.42. The van der Waals surface area contributed by atoms with Gasteiger partial charge < -0.3 is 5.73 Å². The van der Waals surface area contributed by atoms with Crippen LogP contribution < -0.4 is 10.5 Å². The van der Waals surface area contributed by atoms with Crippen molar-refractivity contribution in [2.24, 2.45) is 11.8 Å². The van der Waals surface area contributed by atoms with Crippen LogP contribution in [-0.2, 0) is 10.0 Å². The zero-order valence-electron chi connectivity index (χ0n) is 12.9. The van der Waals surface area contributed by atoms with Crippen molar-refractivity contribution < 1.29 is 8.42 Å². The molecule has 1 aromatic rings. The molecule has 0 atom stereocenters. The van der Waals surface area contributed by atoms with Gasteiger partial charge in [-0.3, -0.25) is 0 Å². The molecule has 1 aliphatic rings. The van der Waals surface area contributed by atoms with Crippen LogP contribution >= 0.6 is 0 Å². The Kier molecular flexibility index (Phi) is 5.27. The van der Waals surface area contributed by atoms with Crippen LogP contribution in [-0.4, -0.2) is 15.0 Å². The average Bonchev–Trinajstić information content (AvgIpc) is 2.40. The monoisotopic (exact) mass is 310 g/mol. The van der Waals surface area contributed by atoms with Gasteiger partial charge in [0, 0.05) is 12.2 Å². The molecule has 0 unspecified atom stereocenters. The van der Waals surface area contributed by atoms with Crippen molar-refractivity contribution in [1.29, 1.82) is 0 Å². The molecule has 21 heavy (non-hydrogen) atoms. The fraction of sp³-hybridized carbons (Fsp3) is 0.625. The lowest BCUT2D eigenvalue weighted by Crippen LogP contribution is -2.27. The molecule has 1 aliphatic carbocycles. The minimum Gasteiger partial charge on any atom is -0.399 e. The molecule has 5 heteroatoms. The zero-order valence-corrected chi connectivity index (χ0v) is 13.7. The second kappa shape index (κ2) is 6.79. The molecular formula is C16H26N2O2S. The van der Waals surface area contributed by atoms with Gasteiger partial charge in [-0.05, 0) is 48.9 Å². The third kappa shape index (κ3) is 4.45. The highest BCUT2D eigenvalue weighted by Gasteiger charge is 2.20. The number of nitrogen functional groups attached to an aromatic ring is 1. The highest BCUT2D eigenvalue weighted by Crippen LogP contribution is 2.30. The first kappa shape index (κ1) is 16.3. The van der Waals surface area contributed by atoms with Crippen LogP contribution in [0.4, 0.5) is 5.69 Å². The van der Waals surface area contributed by atoms with Crippen molar-refractivity contribution >= 4 is 15.7 Å². The van der Waals surface area contributed by atoms with Crippen LogP contribution in [0.1, 0.15) is 44.6 Å². The second-order valence-corrected chi connectivity index (χ2v) is 8.07. The summed E-state index contributed by atoms with van der Waals surface area (Å²) in [6.45, 7) is 4.58. The highest BCUT2D eigenvalue weighted by molar-refractivity contribution is 7.89. The van der Waals surface area contributed by atoms with E-state index < -0.39 is 10.0 Å². The second-order valence-electron chi connectivity index (χ2n) is 6.34. The van der Waals surface area contributed by atoms with Gasteiger partial charge in [-0.25, -0.2) is 13.1 Å². The molecule has 4 nitrogen and oxygen atoms in total. The van der Waals surface area contributed by atoms with Crippen molar-refractivity contribution in [2.45, 2.75) is 50.8 Å². The van der Waals surface area contributed by atoms with Gasteiger partial charge >= 0.3 is 0 Å². The van der Waals surface area contributed by atoms with Gasteiger partial charge in [-0.15, -0.1) is 0 Å². The third-order valence-electron chi connectivity index (χ3n) is 4.47. The minimum absolute atomic E-state index is 0.328. The molecule has 3 N–H and O–H groups in total. The lowest BCUT2D eigenvalue weighted by atomic mass is 9.81. The summed E-state index contributed by atoms with van der Waals surface area (Å²) in [5.74, 6) is 1.49. The maximum atomic E-state index is 12.3. The summed E-state index contributed by atoms with van der Waals surface area (Å²) in [6.07, 6.45) is 5.93. The van der Waals surface area contributed by atoms with Crippen LogP contribution in [0.5, 0.6) is 0 Å². The maximum Gasteiger partial charge on any atom is 0.240 e. The molecule has 2 rings (SSSR count). The first-order valence-corrected chi connectivity index (χ1v) is 9.22. The quantitative estimate of drug-likeness (QED) is 0.821. The molecule has 0 bridgehead atoms. The largest absolute Gasteiger partial charge is 0.399 e. The van der Waals surface area contributed by atoms with Crippen molar-refractivity contribution in [3.05, 3.63) is 23.8 Å². The van der Waals surface area contributed by atoms with Gasteiger partial charge in [0.2, 0.25) is 10.0 Å². The van der Waals surface area contributed by atoms with E-state index in [-0.39, 0.29) is 0 Å². The van der Waals surface area contributed by atoms with Crippen molar-refractivity contribution in [2.75, 3.05) is 12.3 Å². The van der Waals surface area contributed by atoms with Gasteiger partial charge in [0.1, 0.15) is 0 Å². The number of aryl methyl sites for hydroxylation is 1. The van der Waals surface area contributed by atoms with E-state index in [1.54, 1.807) is 25.1 Å². The number of nitrogens with one attached hydrogen (secondary N) is 1. The van der Waals surface area contributed by atoms with Crippen LogP contribution in [0, 0.1) is 18.8 Å². The Hall–Kier alpha value is -1.07. The molecule has 0 radical (unpaired) electrons. The Morgan fingerprint density at radius 1 is 1.24 bits per heavy atom. The fourth-order valence-corrected chi connectivity index (χ4v) is 4.34. The van der Waals surface area contributed by atoms with Crippen LogP contribution in [0.25, 0.3) is 0 Å². The third-order valence-corrected chi connectivity index (χ3v) is 6.09. The number of anilines is 1. The van der Waals surface area contributed by atoms with Crippen LogP contribution in [0.15, 0.2) is 23.1 Å². The molecule has 118 valence electrons. The molecule has 1 aromatic carbocycles. The number of nitrogens with two attached hydrogens (primary N) is 1. The number of hydrogen-bond acceptors (Lipinski definition) is 3. The molecule has 0 spiro atoms. The highest BCUT2D eigenvalue weighted by atomic mass is 32.2. The molecular weight excluding hydrogens is 284 g/mol. The van der Waals surface area contributed by atoms with Gasteiger partial charge in [0.15, 0.2) is 0 Å². The Bertz CT molecular complexity index is 576. The van der Waals surface area contributed by atoms with Crippen LogP contribution in [0.2, 0.25) is 0 Å². The fourth-order valence-electron chi connectivity index (χ4n) is 3.07. The maximum absolute atomic E-state index is 12.3. The molecule has 0 saturated heterocycles. The Morgan fingerprint density at radius 3 is 2.52 bits per heavy atom. The molecule has 0 aliphatic heterocycles. The minimum atomic E-state index is -3.42. The summed E-state index contributed by atoms with van der Waals surface area (Å²) in [6, 6.07) is 4.90. The first-order valence-electron chi connectivity index (χ1n) is 7.74. The topological polar surface area (TPSA) is 72.2 Å². The summed E-state index contributed by atoms with van der Waals surface area (Å²) in [5, 5.41) is 0. The molecule has 0 heterocycles. The first-order chi connectivity index (χ1) is 9.88. The predicted octanol–water partition coefficient (Wildman–Crippen LogP) is 3.07. The van der Waals surface area contributed by atoms with Gasteiger partial charge in [-0.2, -0.15) is 0 Å². The van der Waals surface area contributed by atoms with E-state index in [0.717, 1.165) is 12.3 Å². The Balaban J connectivity index is 1.89. The van der Waals surface area contributed by atoms with Gasteiger partial charge in [-0.1, -0.05) is 32.6 Å². The van der Waals surface area contributed by atoms with E-state index in [1.165, 1.54) is 25.7 Å². The smallest absolute Gasteiger partial charge is 0.240 e. The van der Waals surface area contributed by atoms with E-state index in [0.29, 0.717) is 28.6 Å². The lowest BCUT2D eigenvalue weighted by molar-refractivity contribution is 0.278. The standard InChI is InChI=1S/C16H26N2O2S/c1-12-3-5-14(6-4-12)9-10-18-21(19,20)16-8-7-15(17)11-13(16)2/h7-8,11-12,14,18H,3-6,9-10,17H2,1-2H3. The molecule has 1 fully saturated rings. The predicted molar refractivity (Wildman–Crippen MR) is 86.5 cm³/mol. The van der Waals surface area contributed by atoms with Crippen molar-refractivity contribution in [3.63, 3.8) is 0 Å².